The molecule has 0 bridgehead atoms. The van der Waals surface area contributed by atoms with Gasteiger partial charge in [0.15, 0.2) is 17.3 Å². The van der Waals surface area contributed by atoms with Crippen LogP contribution in [0.25, 0.3) is 10.9 Å². The lowest BCUT2D eigenvalue weighted by Gasteiger charge is -2.23. The predicted octanol–water partition coefficient (Wildman–Crippen LogP) is 2.40. The molecule has 2 N–H and O–H groups in total. The second-order valence-electron chi connectivity index (χ2n) is 7.24. The number of ether oxygens (including phenoxy) is 2. The fourth-order valence-electron chi connectivity index (χ4n) is 3.27. The summed E-state index contributed by atoms with van der Waals surface area (Å²) in [4.78, 5) is 33.1. The first kappa shape index (κ1) is 22.5. The fourth-order valence-corrected chi connectivity index (χ4v) is 3.27. The second kappa shape index (κ2) is 10.2. The highest BCUT2D eigenvalue weighted by molar-refractivity contribution is 5.94. The average molecular weight is 425 g/mol. The van der Waals surface area contributed by atoms with Gasteiger partial charge in [-0.3, -0.25) is 14.5 Å². The summed E-state index contributed by atoms with van der Waals surface area (Å²) < 4.78 is 11.0. The van der Waals surface area contributed by atoms with Gasteiger partial charge in [-0.25, -0.2) is 4.98 Å². The number of aromatic nitrogens is 2. The van der Waals surface area contributed by atoms with Crippen LogP contribution in [0.2, 0.25) is 0 Å². The minimum Gasteiger partial charge on any atom is -0.493 e. The standard InChI is InChI=1S/C23H27N3O5/c1-4-26(13-22-24-19-8-6-5-7-18(19)23(29)25-22)12-17(28)14-31-20-10-9-16(15(2)27)11-21(20)30-3/h5-11,17,28H,4,12-14H2,1-3H3,(H,24,25,29)/t17-/m0/s1. The number of methoxy groups -OCH3 is 1. The van der Waals surface area contributed by atoms with Crippen molar-refractivity contribution in [2.75, 3.05) is 26.8 Å². The number of carbonyl (C=O) groups excluding carboxylic acids is 1. The molecule has 1 atom stereocenters. The summed E-state index contributed by atoms with van der Waals surface area (Å²) in [5, 5.41) is 11.0. The van der Waals surface area contributed by atoms with Crippen molar-refractivity contribution in [3.63, 3.8) is 0 Å². The van der Waals surface area contributed by atoms with Gasteiger partial charge in [0.05, 0.1) is 24.6 Å². The Balaban J connectivity index is 1.62. The van der Waals surface area contributed by atoms with Gasteiger partial charge in [-0.05, 0) is 43.8 Å². The highest BCUT2D eigenvalue weighted by Gasteiger charge is 2.15. The Morgan fingerprint density at radius 3 is 2.71 bits per heavy atom. The van der Waals surface area contributed by atoms with Crippen molar-refractivity contribution in [1.82, 2.24) is 14.9 Å². The van der Waals surface area contributed by atoms with Gasteiger partial charge in [-0.1, -0.05) is 19.1 Å². The Morgan fingerprint density at radius 1 is 1.23 bits per heavy atom. The van der Waals surface area contributed by atoms with E-state index < -0.39 is 6.10 Å². The Labute approximate surface area is 180 Å². The maximum atomic E-state index is 12.3. The van der Waals surface area contributed by atoms with Crippen molar-refractivity contribution in [2.24, 2.45) is 0 Å². The van der Waals surface area contributed by atoms with Crippen LogP contribution in [0.4, 0.5) is 0 Å². The number of rotatable bonds is 10. The number of nitrogens with zero attached hydrogens (tertiary/aromatic N) is 2. The highest BCUT2D eigenvalue weighted by atomic mass is 16.5. The van der Waals surface area contributed by atoms with E-state index >= 15 is 0 Å². The topological polar surface area (TPSA) is 105 Å². The molecule has 0 unspecified atom stereocenters. The van der Waals surface area contributed by atoms with Gasteiger partial charge < -0.3 is 19.6 Å². The van der Waals surface area contributed by atoms with E-state index in [1.54, 1.807) is 36.4 Å². The third kappa shape index (κ3) is 5.68. The van der Waals surface area contributed by atoms with Crippen molar-refractivity contribution in [3.05, 3.63) is 64.2 Å². The van der Waals surface area contributed by atoms with Crippen LogP contribution in [0.3, 0.4) is 0 Å². The molecule has 1 aromatic heterocycles. The molecule has 0 saturated carbocycles. The molecule has 0 amide bonds. The molecule has 1 heterocycles. The van der Waals surface area contributed by atoms with Crippen molar-refractivity contribution in [1.29, 1.82) is 0 Å². The number of benzene rings is 2. The van der Waals surface area contributed by atoms with Crippen LogP contribution < -0.4 is 15.0 Å². The number of hydrogen-bond acceptors (Lipinski definition) is 7. The average Bonchev–Trinajstić information content (AvgIpc) is 2.77. The smallest absolute Gasteiger partial charge is 0.258 e. The lowest BCUT2D eigenvalue weighted by atomic mass is 10.1. The minimum absolute atomic E-state index is 0.0496. The van der Waals surface area contributed by atoms with Gasteiger partial charge in [-0.2, -0.15) is 0 Å². The first-order valence-corrected chi connectivity index (χ1v) is 10.1. The van der Waals surface area contributed by atoms with Gasteiger partial charge in [0.2, 0.25) is 0 Å². The normalized spacial score (nSPS) is 12.2. The van der Waals surface area contributed by atoms with Crippen LogP contribution in [0, 0.1) is 0 Å². The molecule has 0 fully saturated rings. The van der Waals surface area contributed by atoms with Crippen LogP contribution in [-0.2, 0) is 6.54 Å². The first-order valence-electron chi connectivity index (χ1n) is 10.1. The monoisotopic (exact) mass is 425 g/mol. The molecule has 0 spiro atoms. The quantitative estimate of drug-likeness (QED) is 0.481. The second-order valence-corrected chi connectivity index (χ2v) is 7.24. The molecule has 3 aromatic rings. The third-order valence-electron chi connectivity index (χ3n) is 4.95. The van der Waals surface area contributed by atoms with E-state index in [2.05, 4.69) is 9.97 Å². The number of fused-ring (bicyclic) bond motifs is 1. The van der Waals surface area contributed by atoms with Gasteiger partial charge >= 0.3 is 0 Å². The van der Waals surface area contributed by atoms with Gasteiger partial charge in [0.1, 0.15) is 18.5 Å². The summed E-state index contributed by atoms with van der Waals surface area (Å²) in [6.07, 6.45) is -0.774. The maximum absolute atomic E-state index is 12.3. The van der Waals surface area contributed by atoms with Crippen LogP contribution in [0.5, 0.6) is 11.5 Å². The molecular formula is C23H27N3O5. The number of likely N-dealkylation sites (N-methyl/N-ethyl adjacent to an activating group) is 1. The van der Waals surface area contributed by atoms with E-state index in [4.69, 9.17) is 9.47 Å². The number of hydrogen-bond donors (Lipinski definition) is 2. The zero-order chi connectivity index (χ0) is 22.4. The third-order valence-corrected chi connectivity index (χ3v) is 4.95. The van der Waals surface area contributed by atoms with Crippen LogP contribution in [0.15, 0.2) is 47.3 Å². The molecule has 0 aliphatic rings. The summed E-state index contributed by atoms with van der Waals surface area (Å²) in [6, 6.07) is 12.1. The molecule has 8 heteroatoms. The number of aliphatic hydroxyl groups excluding tert-OH is 1. The zero-order valence-corrected chi connectivity index (χ0v) is 17.9. The number of aromatic amines is 1. The van der Waals surface area contributed by atoms with E-state index in [1.165, 1.54) is 14.0 Å². The minimum atomic E-state index is -0.774. The number of aliphatic hydroxyl groups is 1. The number of carbonyl (C=O) groups is 1. The Morgan fingerprint density at radius 2 is 2.00 bits per heavy atom. The van der Waals surface area contributed by atoms with Crippen molar-refractivity contribution in [2.45, 2.75) is 26.5 Å². The summed E-state index contributed by atoms with van der Waals surface area (Å²) in [5.74, 6) is 1.37. The first-order chi connectivity index (χ1) is 14.9. The van der Waals surface area contributed by atoms with Crippen LogP contribution in [-0.4, -0.2) is 58.7 Å². The van der Waals surface area contributed by atoms with Crippen LogP contribution in [0.1, 0.15) is 30.0 Å². The number of Topliss-reactive ketones (excluding diaryl/α,β-unsaturated/α-hetero) is 1. The Hall–Kier alpha value is -3.23. The fraction of sp³-hybridized carbons (Fsp3) is 0.348. The van der Waals surface area contributed by atoms with Gasteiger partial charge in [-0.15, -0.1) is 0 Å². The van der Waals surface area contributed by atoms with Crippen molar-refractivity contribution >= 4 is 16.7 Å². The Bertz CT molecular complexity index is 1110. The van der Waals surface area contributed by atoms with E-state index in [0.29, 0.717) is 53.4 Å². The van der Waals surface area contributed by atoms with Crippen molar-refractivity contribution in [3.8, 4) is 11.5 Å². The number of para-hydroxylation sites is 1. The molecule has 164 valence electrons. The van der Waals surface area contributed by atoms with Gasteiger partial charge in [0.25, 0.3) is 5.56 Å². The molecule has 31 heavy (non-hydrogen) atoms. The lowest BCUT2D eigenvalue weighted by molar-refractivity contribution is 0.0656. The van der Waals surface area contributed by atoms with E-state index in [0.717, 1.165) is 0 Å². The van der Waals surface area contributed by atoms with Crippen LogP contribution >= 0.6 is 0 Å². The SMILES string of the molecule is CCN(Cc1nc2ccccc2c(=O)[nH]1)C[C@H](O)COc1ccc(C(C)=O)cc1OC. The summed E-state index contributed by atoms with van der Waals surface area (Å²) in [6.45, 7) is 4.88. The molecule has 0 saturated heterocycles. The van der Waals surface area contributed by atoms with Crippen molar-refractivity contribution < 1.29 is 19.4 Å². The highest BCUT2D eigenvalue weighted by Crippen LogP contribution is 2.28. The predicted molar refractivity (Wildman–Crippen MR) is 118 cm³/mol. The largest absolute Gasteiger partial charge is 0.493 e. The summed E-state index contributed by atoms with van der Waals surface area (Å²) >= 11 is 0. The molecule has 0 radical (unpaired) electrons. The van der Waals surface area contributed by atoms with E-state index in [9.17, 15) is 14.7 Å². The molecule has 2 aromatic carbocycles. The number of ketones is 1. The number of H-pyrrole nitrogens is 1. The Kier molecular flexibility index (Phi) is 7.38. The maximum Gasteiger partial charge on any atom is 0.258 e. The molecular weight excluding hydrogens is 398 g/mol. The molecule has 0 aliphatic heterocycles. The van der Waals surface area contributed by atoms with E-state index in [1.807, 2.05) is 17.9 Å². The zero-order valence-electron chi connectivity index (χ0n) is 17.9. The van der Waals surface area contributed by atoms with E-state index in [-0.39, 0.29) is 17.9 Å². The molecule has 3 rings (SSSR count). The van der Waals surface area contributed by atoms with Gasteiger partial charge in [0, 0.05) is 12.1 Å². The molecule has 0 aliphatic carbocycles. The molecule has 8 nitrogen and oxygen atoms in total. The summed E-state index contributed by atoms with van der Waals surface area (Å²) in [7, 11) is 1.50. The summed E-state index contributed by atoms with van der Waals surface area (Å²) in [5.41, 5.74) is 0.989. The number of nitrogens with one attached hydrogen (secondary N) is 1. The lowest BCUT2D eigenvalue weighted by Crippen LogP contribution is -2.36.